The molecule has 0 aromatic heterocycles. The first-order chi connectivity index (χ1) is 18.5. The Bertz CT molecular complexity index is 1350. The van der Waals surface area contributed by atoms with E-state index in [-0.39, 0.29) is 23.3 Å². The van der Waals surface area contributed by atoms with Gasteiger partial charge in [-0.2, -0.15) is 0 Å². The molecule has 3 aromatic carbocycles. The summed E-state index contributed by atoms with van der Waals surface area (Å²) in [7, 11) is -2.63. The van der Waals surface area contributed by atoms with Gasteiger partial charge in [0.1, 0.15) is 18.3 Å². The summed E-state index contributed by atoms with van der Waals surface area (Å²) in [5, 5.41) is 2.88. The van der Waals surface area contributed by atoms with Gasteiger partial charge in [0, 0.05) is 17.6 Å². The van der Waals surface area contributed by atoms with Crippen LogP contribution in [0.25, 0.3) is 0 Å². The van der Waals surface area contributed by atoms with Crippen molar-refractivity contribution in [2.24, 2.45) is 5.92 Å². The molecular weight excluding hydrogens is 582 g/mol. The molecule has 0 fully saturated rings. The number of hydrogen-bond donors (Lipinski definition) is 1. The van der Waals surface area contributed by atoms with Crippen LogP contribution < -0.4 is 14.4 Å². The third-order valence-corrected chi connectivity index (χ3v) is 8.41. The molecule has 3 aromatic rings. The topological polar surface area (TPSA) is 96.0 Å². The summed E-state index contributed by atoms with van der Waals surface area (Å²) < 4.78 is 34.7. The molecule has 0 aliphatic carbocycles. The second kappa shape index (κ2) is 13.6. The SMILES string of the molecule is COc1ccc(S(=O)(=O)N(CC(=O)N(Cc2ccc(Br)cc2)[C@@H](C)C(=O)NCC(C)C)c2ccccc2)cc1. The van der Waals surface area contributed by atoms with Crippen LogP contribution in [0.2, 0.25) is 0 Å². The van der Waals surface area contributed by atoms with Crippen LogP contribution in [0, 0.1) is 5.92 Å². The maximum absolute atomic E-state index is 13.9. The molecule has 0 unspecified atom stereocenters. The average Bonchev–Trinajstić information content (AvgIpc) is 2.94. The van der Waals surface area contributed by atoms with E-state index < -0.39 is 28.5 Å². The second-order valence-electron chi connectivity index (χ2n) is 9.49. The monoisotopic (exact) mass is 615 g/mol. The van der Waals surface area contributed by atoms with Crippen LogP contribution in [0.1, 0.15) is 26.3 Å². The van der Waals surface area contributed by atoms with Gasteiger partial charge in [0.2, 0.25) is 11.8 Å². The summed E-state index contributed by atoms with van der Waals surface area (Å²) in [6.07, 6.45) is 0. The number of hydrogen-bond acceptors (Lipinski definition) is 5. The molecule has 0 spiro atoms. The normalized spacial score (nSPS) is 12.1. The number of anilines is 1. The van der Waals surface area contributed by atoms with Crippen molar-refractivity contribution in [3.63, 3.8) is 0 Å². The number of carbonyl (C=O) groups is 2. The minimum atomic E-state index is -4.13. The number of halogens is 1. The highest BCUT2D eigenvalue weighted by Gasteiger charge is 2.32. The number of methoxy groups -OCH3 is 1. The maximum atomic E-state index is 13.9. The smallest absolute Gasteiger partial charge is 0.264 e. The number of ether oxygens (including phenoxy) is 1. The van der Waals surface area contributed by atoms with E-state index in [0.29, 0.717) is 18.0 Å². The van der Waals surface area contributed by atoms with Gasteiger partial charge in [0.25, 0.3) is 10.0 Å². The van der Waals surface area contributed by atoms with Gasteiger partial charge in [-0.3, -0.25) is 13.9 Å². The molecule has 208 valence electrons. The molecule has 1 atom stereocenters. The molecule has 39 heavy (non-hydrogen) atoms. The Hall–Kier alpha value is -3.37. The highest BCUT2D eigenvalue weighted by molar-refractivity contribution is 9.10. The minimum absolute atomic E-state index is 0.0159. The number of nitrogens with zero attached hydrogens (tertiary/aromatic N) is 2. The lowest BCUT2D eigenvalue weighted by Gasteiger charge is -2.32. The quantitative estimate of drug-likeness (QED) is 0.314. The highest BCUT2D eigenvalue weighted by Crippen LogP contribution is 2.26. The fourth-order valence-corrected chi connectivity index (χ4v) is 5.50. The van der Waals surface area contributed by atoms with Gasteiger partial charge in [-0.25, -0.2) is 8.42 Å². The van der Waals surface area contributed by atoms with E-state index in [9.17, 15) is 18.0 Å². The van der Waals surface area contributed by atoms with Gasteiger partial charge in [0.15, 0.2) is 0 Å². The Kier molecular flexibility index (Phi) is 10.5. The van der Waals surface area contributed by atoms with E-state index in [0.717, 1.165) is 14.3 Å². The number of rotatable bonds is 12. The zero-order valence-electron chi connectivity index (χ0n) is 22.5. The predicted molar refractivity (Wildman–Crippen MR) is 156 cm³/mol. The molecule has 10 heteroatoms. The van der Waals surface area contributed by atoms with E-state index in [1.54, 1.807) is 49.4 Å². The number of para-hydroxylation sites is 1. The largest absolute Gasteiger partial charge is 0.497 e. The Morgan fingerprint density at radius 3 is 2.10 bits per heavy atom. The van der Waals surface area contributed by atoms with Crippen LogP contribution in [0.4, 0.5) is 5.69 Å². The number of benzene rings is 3. The van der Waals surface area contributed by atoms with Gasteiger partial charge in [0.05, 0.1) is 17.7 Å². The summed E-state index contributed by atoms with van der Waals surface area (Å²) in [5.41, 5.74) is 1.14. The first kappa shape index (κ1) is 30.2. The molecule has 0 saturated carbocycles. The van der Waals surface area contributed by atoms with Crippen LogP contribution in [-0.4, -0.2) is 51.4 Å². The van der Waals surface area contributed by atoms with Crippen LogP contribution >= 0.6 is 15.9 Å². The predicted octanol–water partition coefficient (Wildman–Crippen LogP) is 4.84. The zero-order chi connectivity index (χ0) is 28.6. The number of sulfonamides is 1. The third-order valence-electron chi connectivity index (χ3n) is 6.09. The molecule has 3 rings (SSSR count). The first-order valence-corrected chi connectivity index (χ1v) is 14.8. The Balaban J connectivity index is 1.98. The summed E-state index contributed by atoms with van der Waals surface area (Å²) >= 11 is 3.41. The van der Waals surface area contributed by atoms with Crippen molar-refractivity contribution in [1.29, 1.82) is 0 Å². The van der Waals surface area contributed by atoms with Gasteiger partial charge < -0.3 is 15.0 Å². The van der Waals surface area contributed by atoms with E-state index in [4.69, 9.17) is 4.74 Å². The summed E-state index contributed by atoms with van der Waals surface area (Å²) in [5.74, 6) is -0.0670. The summed E-state index contributed by atoms with van der Waals surface area (Å²) in [4.78, 5) is 28.3. The van der Waals surface area contributed by atoms with Gasteiger partial charge >= 0.3 is 0 Å². The van der Waals surface area contributed by atoms with E-state index in [1.807, 2.05) is 38.1 Å². The number of amides is 2. The molecule has 0 radical (unpaired) electrons. The minimum Gasteiger partial charge on any atom is -0.497 e. The Morgan fingerprint density at radius 2 is 1.54 bits per heavy atom. The lowest BCUT2D eigenvalue weighted by atomic mass is 10.1. The van der Waals surface area contributed by atoms with Gasteiger partial charge in [-0.15, -0.1) is 0 Å². The molecule has 8 nitrogen and oxygen atoms in total. The van der Waals surface area contributed by atoms with Crippen molar-refractivity contribution in [2.45, 2.75) is 38.3 Å². The zero-order valence-corrected chi connectivity index (χ0v) is 24.9. The third kappa shape index (κ3) is 8.06. The van der Waals surface area contributed by atoms with E-state index in [2.05, 4.69) is 21.2 Å². The van der Waals surface area contributed by atoms with Crippen molar-refractivity contribution in [3.8, 4) is 5.75 Å². The molecule has 2 amide bonds. The molecule has 0 aliphatic rings. The Morgan fingerprint density at radius 1 is 0.923 bits per heavy atom. The molecule has 1 N–H and O–H groups in total. The number of carbonyl (C=O) groups excluding carboxylic acids is 2. The lowest BCUT2D eigenvalue weighted by molar-refractivity contribution is -0.139. The second-order valence-corrected chi connectivity index (χ2v) is 12.3. The maximum Gasteiger partial charge on any atom is 0.264 e. The van der Waals surface area contributed by atoms with E-state index >= 15 is 0 Å². The standard InChI is InChI=1S/C29H34BrN3O5S/c1-21(2)18-31-29(35)22(3)32(19-23-10-12-24(30)13-11-23)28(34)20-33(25-8-6-5-7-9-25)39(36,37)27-16-14-26(38-4)15-17-27/h5-17,21-22H,18-20H2,1-4H3,(H,31,35)/t22-/m0/s1. The molecule has 0 saturated heterocycles. The van der Waals surface area contributed by atoms with Gasteiger partial charge in [-0.1, -0.05) is 60.1 Å². The van der Waals surface area contributed by atoms with Crippen LogP contribution in [-0.2, 0) is 26.2 Å². The fourth-order valence-electron chi connectivity index (χ4n) is 3.82. The molecule has 0 aliphatic heterocycles. The molecular formula is C29H34BrN3O5S. The van der Waals surface area contributed by atoms with Crippen molar-refractivity contribution >= 4 is 43.5 Å². The molecule has 0 bridgehead atoms. The van der Waals surface area contributed by atoms with Crippen LogP contribution in [0.15, 0.2) is 88.2 Å². The summed E-state index contributed by atoms with van der Waals surface area (Å²) in [6.45, 7) is 5.72. The highest BCUT2D eigenvalue weighted by atomic mass is 79.9. The van der Waals surface area contributed by atoms with Crippen LogP contribution in [0.5, 0.6) is 5.75 Å². The molecule has 0 heterocycles. The first-order valence-electron chi connectivity index (χ1n) is 12.6. The van der Waals surface area contributed by atoms with E-state index in [1.165, 1.54) is 24.1 Å². The summed E-state index contributed by atoms with van der Waals surface area (Å²) in [6, 6.07) is 21.0. The number of nitrogens with one attached hydrogen (secondary N) is 1. The van der Waals surface area contributed by atoms with Gasteiger partial charge in [-0.05, 0) is 66.9 Å². The van der Waals surface area contributed by atoms with Crippen molar-refractivity contribution < 1.29 is 22.7 Å². The van der Waals surface area contributed by atoms with Crippen molar-refractivity contribution in [1.82, 2.24) is 10.2 Å². The van der Waals surface area contributed by atoms with Crippen molar-refractivity contribution in [3.05, 3.63) is 88.9 Å². The van der Waals surface area contributed by atoms with Crippen LogP contribution in [0.3, 0.4) is 0 Å². The average molecular weight is 617 g/mol. The fraction of sp³-hybridized carbons (Fsp3) is 0.310. The Labute approximate surface area is 239 Å². The lowest BCUT2D eigenvalue weighted by Crippen LogP contribution is -2.51. The van der Waals surface area contributed by atoms with Crippen molar-refractivity contribution in [2.75, 3.05) is 24.5 Å².